The third-order valence-corrected chi connectivity index (χ3v) is 6.89. The summed E-state index contributed by atoms with van der Waals surface area (Å²) in [7, 11) is 0. The fourth-order valence-electron chi connectivity index (χ4n) is 0.848. The van der Waals surface area contributed by atoms with Gasteiger partial charge < -0.3 is 0 Å². The second-order valence-corrected chi connectivity index (χ2v) is 13.1. The predicted octanol–water partition coefficient (Wildman–Crippen LogP) is 3.38. The minimum atomic E-state index is -1.66. The van der Waals surface area contributed by atoms with E-state index in [1.54, 1.807) is 0 Å². The van der Waals surface area contributed by atoms with Gasteiger partial charge >= 0.3 is 63.1 Å². The van der Waals surface area contributed by atoms with Crippen molar-refractivity contribution in [2.24, 2.45) is 0 Å². The molecule has 0 unspecified atom stereocenters. The zero-order chi connectivity index (χ0) is 7.57. The third-order valence-electron chi connectivity index (χ3n) is 1.89. The van der Waals surface area contributed by atoms with Crippen LogP contribution in [0.1, 0.15) is 20.3 Å². The third kappa shape index (κ3) is 4.17. The fourth-order valence-corrected chi connectivity index (χ4v) is 3.05. The summed E-state index contributed by atoms with van der Waals surface area (Å²) in [6.45, 7) is 8.89. The number of rotatable bonds is 3. The molecule has 0 aromatic rings. The predicted molar refractivity (Wildman–Crippen MR) is 50.3 cm³/mol. The molecule has 0 heterocycles. The van der Waals surface area contributed by atoms with Gasteiger partial charge in [0.05, 0.1) is 0 Å². The summed E-state index contributed by atoms with van der Waals surface area (Å²) in [5, 5.41) is 0. The van der Waals surface area contributed by atoms with Gasteiger partial charge in [-0.05, 0) is 0 Å². The van der Waals surface area contributed by atoms with Crippen molar-refractivity contribution in [3.8, 4) is 0 Å². The molecule has 0 aliphatic carbocycles. The van der Waals surface area contributed by atoms with Gasteiger partial charge in [-0.25, -0.2) is 0 Å². The van der Waals surface area contributed by atoms with Crippen LogP contribution >= 0.6 is 17.2 Å². The Balaban J connectivity index is 3.95. The molecule has 0 bridgehead atoms. The van der Waals surface area contributed by atoms with E-state index >= 15 is 0 Å². The fraction of sp³-hybridized carbons (Fsp3) is 1.00. The zero-order valence-corrected chi connectivity index (χ0v) is 8.60. The van der Waals surface area contributed by atoms with E-state index in [9.17, 15) is 0 Å². The average Bonchev–Trinajstić information content (AvgIpc) is 1.66. The molecule has 58 valence electrons. The van der Waals surface area contributed by atoms with Crippen LogP contribution < -0.4 is 0 Å². The average molecular weight is 169 g/mol. The van der Waals surface area contributed by atoms with Crippen LogP contribution in [-0.4, -0.2) is 25.7 Å². The molecule has 0 amide bonds. The van der Waals surface area contributed by atoms with E-state index in [4.69, 9.17) is 11.2 Å². The Morgan fingerprint density at radius 3 is 1.78 bits per heavy atom. The van der Waals surface area contributed by atoms with E-state index in [2.05, 4.69) is 27.2 Å². The van der Waals surface area contributed by atoms with Crippen LogP contribution in [0.25, 0.3) is 0 Å². The van der Waals surface area contributed by atoms with Crippen molar-refractivity contribution in [1.29, 1.82) is 0 Å². The standard InChI is InChI=1S/C7H18ClP/c1-5-7-9(3,4,8)6-2/h5-7H2,1-4H3. The summed E-state index contributed by atoms with van der Waals surface area (Å²) in [5.41, 5.74) is 0. The van der Waals surface area contributed by atoms with Crippen molar-refractivity contribution >= 4 is 17.2 Å². The quantitative estimate of drug-likeness (QED) is 0.567. The van der Waals surface area contributed by atoms with Crippen molar-refractivity contribution in [1.82, 2.24) is 0 Å². The van der Waals surface area contributed by atoms with Crippen LogP contribution in [0.5, 0.6) is 0 Å². The van der Waals surface area contributed by atoms with Crippen LogP contribution in [0, 0.1) is 0 Å². The SMILES string of the molecule is CCCP(C)(C)(Cl)CC. The van der Waals surface area contributed by atoms with Crippen molar-refractivity contribution in [2.75, 3.05) is 25.7 Å². The number of halogens is 1. The van der Waals surface area contributed by atoms with Crippen LogP contribution in [0.3, 0.4) is 0 Å². The first kappa shape index (κ1) is 9.72. The van der Waals surface area contributed by atoms with Gasteiger partial charge in [0.25, 0.3) is 0 Å². The second-order valence-electron chi connectivity index (χ2n) is 3.55. The van der Waals surface area contributed by atoms with Gasteiger partial charge in [0.15, 0.2) is 0 Å². The van der Waals surface area contributed by atoms with Gasteiger partial charge in [-0.1, -0.05) is 0 Å². The van der Waals surface area contributed by atoms with Gasteiger partial charge in [-0.15, -0.1) is 0 Å². The van der Waals surface area contributed by atoms with Gasteiger partial charge in [-0.2, -0.15) is 0 Å². The number of hydrogen-bond acceptors (Lipinski definition) is 0. The van der Waals surface area contributed by atoms with Crippen LogP contribution in [0.4, 0.5) is 0 Å². The van der Waals surface area contributed by atoms with Crippen LogP contribution in [-0.2, 0) is 0 Å². The molecule has 0 N–H and O–H groups in total. The minimum absolute atomic E-state index is 1.17. The molecule has 0 saturated carbocycles. The topological polar surface area (TPSA) is 0 Å². The first-order chi connectivity index (χ1) is 3.89. The first-order valence-corrected chi connectivity index (χ1v) is 8.02. The van der Waals surface area contributed by atoms with Crippen molar-refractivity contribution < 1.29 is 0 Å². The molecule has 0 atom stereocenters. The van der Waals surface area contributed by atoms with E-state index in [0.717, 1.165) is 0 Å². The molecule has 0 spiro atoms. The molecule has 2 heteroatoms. The van der Waals surface area contributed by atoms with E-state index in [1.807, 2.05) is 0 Å². The Labute approximate surface area is 63.7 Å². The van der Waals surface area contributed by atoms with Crippen LogP contribution in [0.2, 0.25) is 0 Å². The summed E-state index contributed by atoms with van der Waals surface area (Å²) in [6.07, 6.45) is 3.62. The summed E-state index contributed by atoms with van der Waals surface area (Å²) in [4.78, 5) is 0. The van der Waals surface area contributed by atoms with Gasteiger partial charge in [0.1, 0.15) is 0 Å². The maximum atomic E-state index is 6.41. The van der Waals surface area contributed by atoms with E-state index in [-0.39, 0.29) is 0 Å². The molecule has 0 nitrogen and oxygen atoms in total. The molecule has 0 fully saturated rings. The Hall–Kier alpha value is 0.720. The van der Waals surface area contributed by atoms with Crippen LogP contribution in [0.15, 0.2) is 0 Å². The van der Waals surface area contributed by atoms with Gasteiger partial charge in [-0.3, -0.25) is 0 Å². The van der Waals surface area contributed by atoms with E-state index in [0.29, 0.717) is 0 Å². The van der Waals surface area contributed by atoms with Gasteiger partial charge in [0.2, 0.25) is 0 Å². The Kier molecular flexibility index (Phi) is 2.98. The van der Waals surface area contributed by atoms with E-state index < -0.39 is 5.96 Å². The summed E-state index contributed by atoms with van der Waals surface area (Å²) < 4.78 is 0. The zero-order valence-electron chi connectivity index (χ0n) is 6.95. The molecule has 0 aromatic heterocycles. The monoisotopic (exact) mass is 168 g/mol. The van der Waals surface area contributed by atoms with Crippen molar-refractivity contribution in [2.45, 2.75) is 20.3 Å². The molecule has 0 aliphatic heterocycles. The Morgan fingerprint density at radius 2 is 1.67 bits per heavy atom. The summed E-state index contributed by atoms with van der Waals surface area (Å²) in [5.74, 6) is -1.66. The molecule has 9 heavy (non-hydrogen) atoms. The Bertz CT molecular complexity index is 90.8. The molecule has 0 saturated heterocycles. The molecule has 0 radical (unpaired) electrons. The number of hydrogen-bond donors (Lipinski definition) is 0. The molecular formula is C7H18ClP. The normalized spacial score (nSPS) is 16.8. The molecular weight excluding hydrogens is 151 g/mol. The second kappa shape index (κ2) is 2.76. The summed E-state index contributed by atoms with van der Waals surface area (Å²) in [6, 6.07) is 0. The van der Waals surface area contributed by atoms with Crippen molar-refractivity contribution in [3.05, 3.63) is 0 Å². The Morgan fingerprint density at radius 1 is 1.22 bits per heavy atom. The van der Waals surface area contributed by atoms with Gasteiger partial charge in [0, 0.05) is 0 Å². The first-order valence-electron chi connectivity index (χ1n) is 3.61. The summed E-state index contributed by atoms with van der Waals surface area (Å²) >= 11 is 6.41. The molecule has 0 rings (SSSR count). The van der Waals surface area contributed by atoms with Crippen molar-refractivity contribution in [3.63, 3.8) is 0 Å². The molecule has 0 aromatic carbocycles. The molecule has 0 aliphatic rings. The maximum absolute atomic E-state index is 6.41. The van der Waals surface area contributed by atoms with E-state index in [1.165, 1.54) is 18.7 Å².